The van der Waals surface area contributed by atoms with Crippen molar-refractivity contribution in [1.29, 1.82) is 0 Å². The third kappa shape index (κ3) is 4.23. The van der Waals surface area contributed by atoms with Gasteiger partial charge in [-0.25, -0.2) is 0 Å². The summed E-state index contributed by atoms with van der Waals surface area (Å²) in [6.07, 6.45) is 3.95. The summed E-state index contributed by atoms with van der Waals surface area (Å²) in [6, 6.07) is 4.43. The van der Waals surface area contributed by atoms with E-state index in [0.717, 1.165) is 31.4 Å². The smallest absolute Gasteiger partial charge is 0.308 e. The predicted octanol–water partition coefficient (Wildman–Crippen LogP) is 3.15. The maximum atomic E-state index is 11.5. The monoisotopic (exact) mass is 299 g/mol. The Kier molecular flexibility index (Phi) is 5.73. The molecular formula is C14H21NO2S2. The molecule has 0 aromatic carbocycles. The summed E-state index contributed by atoms with van der Waals surface area (Å²) in [5.41, 5.74) is 6.29. The third-order valence-corrected chi connectivity index (χ3v) is 6.10. The van der Waals surface area contributed by atoms with Crippen LogP contribution >= 0.6 is 23.1 Å². The molecule has 1 heterocycles. The molecule has 1 aliphatic rings. The van der Waals surface area contributed by atoms with E-state index in [1.54, 1.807) is 11.3 Å². The molecule has 19 heavy (non-hydrogen) atoms. The van der Waals surface area contributed by atoms with Crippen molar-refractivity contribution < 1.29 is 9.53 Å². The summed E-state index contributed by atoms with van der Waals surface area (Å²) in [5.74, 6) is 1.56. The van der Waals surface area contributed by atoms with Crippen LogP contribution in [0, 0.1) is 11.8 Å². The zero-order valence-corrected chi connectivity index (χ0v) is 12.8. The molecule has 0 amide bonds. The summed E-state index contributed by atoms with van der Waals surface area (Å²) in [5, 5.41) is 2.09. The summed E-state index contributed by atoms with van der Waals surface area (Å²) < 4.78 is 6.14. The Bertz CT molecular complexity index is 386. The number of rotatable bonds is 5. The van der Waals surface area contributed by atoms with Crippen molar-refractivity contribution in [1.82, 2.24) is 0 Å². The van der Waals surface area contributed by atoms with Crippen molar-refractivity contribution in [2.24, 2.45) is 17.6 Å². The predicted molar refractivity (Wildman–Crippen MR) is 80.5 cm³/mol. The van der Waals surface area contributed by atoms with Crippen LogP contribution in [0.15, 0.2) is 21.7 Å². The minimum absolute atomic E-state index is 0.0556. The van der Waals surface area contributed by atoms with Crippen LogP contribution < -0.4 is 5.73 Å². The number of thiophene rings is 1. The molecule has 0 radical (unpaired) electrons. The number of hydrogen-bond acceptors (Lipinski definition) is 5. The fourth-order valence-corrected chi connectivity index (χ4v) is 4.50. The SMILES string of the molecule is COC(=O)C1CCC(C(N)CSc2cccs2)CC1. The van der Waals surface area contributed by atoms with Crippen LogP contribution in [0.3, 0.4) is 0 Å². The number of carbonyl (C=O) groups excluding carboxylic acids is 1. The van der Waals surface area contributed by atoms with Gasteiger partial charge in [-0.3, -0.25) is 4.79 Å². The van der Waals surface area contributed by atoms with Crippen LogP contribution in [0.25, 0.3) is 0 Å². The van der Waals surface area contributed by atoms with Gasteiger partial charge in [0.15, 0.2) is 0 Å². The Morgan fingerprint density at radius 3 is 2.84 bits per heavy atom. The molecule has 0 bridgehead atoms. The molecule has 2 rings (SSSR count). The lowest BCUT2D eigenvalue weighted by Crippen LogP contribution is -2.36. The molecular weight excluding hydrogens is 278 g/mol. The quantitative estimate of drug-likeness (QED) is 0.670. The van der Waals surface area contributed by atoms with E-state index >= 15 is 0 Å². The van der Waals surface area contributed by atoms with Gasteiger partial charge in [-0.2, -0.15) is 0 Å². The standard InChI is InChI=1S/C14H21NO2S2/c1-17-14(16)11-6-4-10(5-7-11)12(15)9-19-13-3-2-8-18-13/h2-3,8,10-12H,4-7,9,15H2,1H3. The first-order valence-corrected chi connectivity index (χ1v) is 8.57. The Balaban J connectivity index is 1.73. The number of thioether (sulfide) groups is 1. The van der Waals surface area contributed by atoms with Gasteiger partial charge in [0.05, 0.1) is 17.2 Å². The molecule has 5 heteroatoms. The Morgan fingerprint density at radius 2 is 2.26 bits per heavy atom. The van der Waals surface area contributed by atoms with E-state index in [1.165, 1.54) is 11.3 Å². The molecule has 1 aromatic rings. The van der Waals surface area contributed by atoms with Gasteiger partial charge in [-0.15, -0.1) is 23.1 Å². The van der Waals surface area contributed by atoms with Gasteiger partial charge in [0.2, 0.25) is 0 Å². The van der Waals surface area contributed by atoms with Crippen LogP contribution in [-0.2, 0) is 9.53 Å². The van der Waals surface area contributed by atoms with E-state index in [0.29, 0.717) is 5.92 Å². The maximum absolute atomic E-state index is 11.5. The highest BCUT2D eigenvalue weighted by Gasteiger charge is 2.29. The number of ether oxygens (including phenoxy) is 1. The first-order valence-electron chi connectivity index (χ1n) is 6.70. The number of methoxy groups -OCH3 is 1. The molecule has 1 atom stereocenters. The number of nitrogens with two attached hydrogens (primary N) is 1. The van der Waals surface area contributed by atoms with Crippen LogP contribution in [0.4, 0.5) is 0 Å². The van der Waals surface area contributed by atoms with E-state index in [1.807, 2.05) is 11.8 Å². The van der Waals surface area contributed by atoms with Gasteiger partial charge in [-0.05, 0) is 43.0 Å². The van der Waals surface area contributed by atoms with Crippen LogP contribution in [0.5, 0.6) is 0 Å². The summed E-state index contributed by atoms with van der Waals surface area (Å²) in [6.45, 7) is 0. The summed E-state index contributed by atoms with van der Waals surface area (Å²) in [7, 11) is 1.47. The number of hydrogen-bond donors (Lipinski definition) is 1. The Hall–Kier alpha value is -0.520. The fraction of sp³-hybridized carbons (Fsp3) is 0.643. The van der Waals surface area contributed by atoms with Crippen molar-refractivity contribution in [3.05, 3.63) is 17.5 Å². The third-order valence-electron chi connectivity index (χ3n) is 3.82. The zero-order chi connectivity index (χ0) is 13.7. The van der Waals surface area contributed by atoms with Crippen molar-refractivity contribution in [3.8, 4) is 0 Å². The number of carbonyl (C=O) groups is 1. The van der Waals surface area contributed by atoms with Crippen molar-refractivity contribution in [3.63, 3.8) is 0 Å². The van der Waals surface area contributed by atoms with Crippen molar-refractivity contribution in [2.45, 2.75) is 35.9 Å². The Morgan fingerprint density at radius 1 is 1.53 bits per heavy atom. The number of esters is 1. The lowest BCUT2D eigenvalue weighted by Gasteiger charge is -2.30. The van der Waals surface area contributed by atoms with E-state index in [4.69, 9.17) is 10.5 Å². The van der Waals surface area contributed by atoms with E-state index in [-0.39, 0.29) is 17.9 Å². The topological polar surface area (TPSA) is 52.3 Å². The van der Waals surface area contributed by atoms with Crippen molar-refractivity contribution >= 4 is 29.1 Å². The lowest BCUT2D eigenvalue weighted by atomic mass is 9.79. The first-order chi connectivity index (χ1) is 9.20. The average molecular weight is 299 g/mol. The minimum atomic E-state index is -0.0556. The van der Waals surface area contributed by atoms with Gasteiger partial charge in [0.25, 0.3) is 0 Å². The normalized spacial score (nSPS) is 24.9. The molecule has 1 fully saturated rings. The molecule has 1 unspecified atom stereocenters. The molecule has 0 aliphatic heterocycles. The van der Waals surface area contributed by atoms with Gasteiger partial charge in [-0.1, -0.05) is 6.07 Å². The second-order valence-electron chi connectivity index (χ2n) is 5.04. The highest BCUT2D eigenvalue weighted by atomic mass is 32.2. The second kappa shape index (κ2) is 7.31. The van der Waals surface area contributed by atoms with Crippen LogP contribution in [0.2, 0.25) is 0 Å². The highest BCUT2D eigenvalue weighted by Crippen LogP contribution is 2.33. The van der Waals surface area contributed by atoms with Crippen LogP contribution in [-0.4, -0.2) is 24.9 Å². The molecule has 0 spiro atoms. The molecule has 1 aliphatic carbocycles. The fourth-order valence-electron chi connectivity index (χ4n) is 2.61. The summed E-state index contributed by atoms with van der Waals surface area (Å²) in [4.78, 5) is 11.5. The first kappa shape index (κ1) is 14.9. The molecule has 1 aromatic heterocycles. The minimum Gasteiger partial charge on any atom is -0.469 e. The average Bonchev–Trinajstić information content (AvgIpc) is 2.97. The van der Waals surface area contributed by atoms with Gasteiger partial charge >= 0.3 is 5.97 Å². The largest absolute Gasteiger partial charge is 0.469 e. The summed E-state index contributed by atoms with van der Waals surface area (Å²) >= 11 is 3.61. The van der Waals surface area contributed by atoms with Gasteiger partial charge < -0.3 is 10.5 Å². The van der Waals surface area contributed by atoms with Crippen LogP contribution in [0.1, 0.15) is 25.7 Å². The van der Waals surface area contributed by atoms with Gasteiger partial charge in [0, 0.05) is 11.8 Å². The lowest BCUT2D eigenvalue weighted by molar-refractivity contribution is -0.146. The van der Waals surface area contributed by atoms with E-state index in [2.05, 4.69) is 17.5 Å². The zero-order valence-electron chi connectivity index (χ0n) is 11.2. The molecule has 106 valence electrons. The molecule has 1 saturated carbocycles. The van der Waals surface area contributed by atoms with E-state index < -0.39 is 0 Å². The van der Waals surface area contributed by atoms with E-state index in [9.17, 15) is 4.79 Å². The van der Waals surface area contributed by atoms with Crippen molar-refractivity contribution in [2.75, 3.05) is 12.9 Å². The molecule has 2 N–H and O–H groups in total. The molecule has 3 nitrogen and oxygen atoms in total. The molecule has 0 saturated heterocycles. The van der Waals surface area contributed by atoms with Gasteiger partial charge in [0.1, 0.15) is 0 Å². The highest BCUT2D eigenvalue weighted by molar-refractivity contribution is 8.01. The second-order valence-corrected chi connectivity index (χ2v) is 7.31. The Labute approximate surface area is 122 Å². The maximum Gasteiger partial charge on any atom is 0.308 e.